The molecule has 0 aromatic carbocycles. The third-order valence-corrected chi connectivity index (χ3v) is 4.41. The van der Waals surface area contributed by atoms with Crippen LogP contribution in [0.2, 0.25) is 0 Å². The highest BCUT2D eigenvalue weighted by atomic mass is 79.9. The molecule has 0 radical (unpaired) electrons. The molecule has 0 saturated heterocycles. The van der Waals surface area contributed by atoms with Gasteiger partial charge in [0.2, 0.25) is 0 Å². The summed E-state index contributed by atoms with van der Waals surface area (Å²) in [6.45, 7) is 1.85. The summed E-state index contributed by atoms with van der Waals surface area (Å²) in [6.07, 6.45) is 8.06. The van der Waals surface area contributed by atoms with Gasteiger partial charge in [0.25, 0.3) is 5.91 Å². The van der Waals surface area contributed by atoms with Crippen LogP contribution in [0.1, 0.15) is 48.3 Å². The fourth-order valence-electron chi connectivity index (χ4n) is 2.42. The van der Waals surface area contributed by atoms with Crippen LogP contribution in [-0.2, 0) is 7.05 Å². The Labute approximate surface area is 121 Å². The van der Waals surface area contributed by atoms with Gasteiger partial charge in [0.1, 0.15) is 5.69 Å². The molecule has 1 aromatic heterocycles. The van der Waals surface area contributed by atoms with Crippen LogP contribution in [0.4, 0.5) is 0 Å². The molecule has 1 aliphatic rings. The number of hydrogen-bond donors (Lipinski definition) is 1. The summed E-state index contributed by atoms with van der Waals surface area (Å²) in [5, 5.41) is 8.26. The third-order valence-electron chi connectivity index (χ3n) is 3.47. The maximum Gasteiger partial charge on any atom is 0.290 e. The van der Waals surface area contributed by atoms with E-state index in [1.165, 1.54) is 32.1 Å². The second kappa shape index (κ2) is 6.32. The van der Waals surface area contributed by atoms with Gasteiger partial charge in [0.05, 0.1) is 10.2 Å². The molecule has 0 spiro atoms. The SMILES string of the molecule is Cc1nn(C)c(C(=O)N/N=C\C2CCCCC2)c1Br. The fraction of sp³-hybridized carbons (Fsp3) is 0.615. The molecule has 1 saturated carbocycles. The molecule has 0 aliphatic heterocycles. The molecule has 0 atom stereocenters. The highest BCUT2D eigenvalue weighted by molar-refractivity contribution is 9.10. The summed E-state index contributed by atoms with van der Waals surface area (Å²) in [4.78, 5) is 12.0. The predicted octanol–water partition coefficient (Wildman–Crippen LogP) is 2.79. The molecular weight excluding hydrogens is 308 g/mol. The van der Waals surface area contributed by atoms with Crippen LogP contribution in [0.15, 0.2) is 9.57 Å². The van der Waals surface area contributed by atoms with Crippen LogP contribution in [0, 0.1) is 12.8 Å². The highest BCUT2D eigenvalue weighted by Crippen LogP contribution is 2.22. The molecule has 104 valence electrons. The van der Waals surface area contributed by atoms with Gasteiger partial charge in [-0.15, -0.1) is 0 Å². The second-order valence-electron chi connectivity index (χ2n) is 4.99. The van der Waals surface area contributed by atoms with Gasteiger partial charge in [0.15, 0.2) is 0 Å². The Morgan fingerprint density at radius 1 is 1.47 bits per heavy atom. The lowest BCUT2D eigenvalue weighted by atomic mass is 9.90. The van der Waals surface area contributed by atoms with Gasteiger partial charge in [-0.2, -0.15) is 10.2 Å². The number of rotatable bonds is 3. The van der Waals surface area contributed by atoms with Crippen LogP contribution in [0.3, 0.4) is 0 Å². The van der Waals surface area contributed by atoms with Crippen molar-refractivity contribution in [2.45, 2.75) is 39.0 Å². The van der Waals surface area contributed by atoms with Crippen molar-refractivity contribution in [1.82, 2.24) is 15.2 Å². The number of halogens is 1. The van der Waals surface area contributed by atoms with Crippen molar-refractivity contribution in [1.29, 1.82) is 0 Å². The van der Waals surface area contributed by atoms with Crippen molar-refractivity contribution in [3.63, 3.8) is 0 Å². The lowest BCUT2D eigenvalue weighted by Crippen LogP contribution is -2.22. The zero-order valence-electron chi connectivity index (χ0n) is 11.3. The van der Waals surface area contributed by atoms with E-state index < -0.39 is 0 Å². The summed E-state index contributed by atoms with van der Waals surface area (Å²) < 4.78 is 2.28. The lowest BCUT2D eigenvalue weighted by Gasteiger charge is -2.16. The average Bonchev–Trinajstić information content (AvgIpc) is 2.64. The Hall–Kier alpha value is -1.17. The van der Waals surface area contributed by atoms with E-state index in [0.29, 0.717) is 11.6 Å². The lowest BCUT2D eigenvalue weighted by molar-refractivity contribution is 0.0944. The molecule has 0 bridgehead atoms. The molecule has 1 heterocycles. The van der Waals surface area contributed by atoms with Gasteiger partial charge in [-0.3, -0.25) is 9.48 Å². The number of nitrogens with zero attached hydrogens (tertiary/aromatic N) is 3. The smallest absolute Gasteiger partial charge is 0.266 e. The first-order chi connectivity index (χ1) is 9.09. The van der Waals surface area contributed by atoms with E-state index >= 15 is 0 Å². The molecule has 1 amide bonds. The van der Waals surface area contributed by atoms with Crippen LogP contribution in [0.5, 0.6) is 0 Å². The number of carbonyl (C=O) groups excluding carboxylic acids is 1. The van der Waals surface area contributed by atoms with Gasteiger partial charge in [-0.1, -0.05) is 19.3 Å². The zero-order valence-corrected chi connectivity index (χ0v) is 12.9. The summed E-state index contributed by atoms with van der Waals surface area (Å²) in [6, 6.07) is 0. The molecule has 6 heteroatoms. The number of hydrazone groups is 1. The molecule has 0 unspecified atom stereocenters. The van der Waals surface area contributed by atoms with E-state index in [1.807, 2.05) is 13.1 Å². The Balaban J connectivity index is 1.95. The number of nitrogens with one attached hydrogen (secondary N) is 1. The number of carbonyl (C=O) groups is 1. The van der Waals surface area contributed by atoms with Gasteiger partial charge >= 0.3 is 0 Å². The first-order valence-corrected chi connectivity index (χ1v) is 7.41. The Bertz CT molecular complexity index is 489. The quantitative estimate of drug-likeness (QED) is 0.685. The van der Waals surface area contributed by atoms with Crippen LogP contribution in [-0.4, -0.2) is 21.9 Å². The van der Waals surface area contributed by atoms with Crippen LogP contribution < -0.4 is 5.43 Å². The number of aromatic nitrogens is 2. The van der Waals surface area contributed by atoms with Crippen molar-refractivity contribution in [3.8, 4) is 0 Å². The molecule has 2 rings (SSSR count). The van der Waals surface area contributed by atoms with Gasteiger partial charge in [-0.05, 0) is 41.6 Å². The number of amides is 1. The Kier molecular flexibility index (Phi) is 4.74. The fourth-order valence-corrected chi connectivity index (χ4v) is 2.93. The van der Waals surface area contributed by atoms with Crippen LogP contribution >= 0.6 is 15.9 Å². The molecule has 5 nitrogen and oxygen atoms in total. The van der Waals surface area contributed by atoms with E-state index in [0.717, 1.165) is 10.2 Å². The topological polar surface area (TPSA) is 59.3 Å². The molecule has 1 aliphatic carbocycles. The van der Waals surface area contributed by atoms with E-state index in [4.69, 9.17) is 0 Å². The van der Waals surface area contributed by atoms with Gasteiger partial charge in [-0.25, -0.2) is 5.43 Å². The summed E-state index contributed by atoms with van der Waals surface area (Å²) >= 11 is 3.37. The maximum atomic E-state index is 12.0. The van der Waals surface area contributed by atoms with Gasteiger partial charge < -0.3 is 0 Å². The predicted molar refractivity (Wildman–Crippen MR) is 78.2 cm³/mol. The van der Waals surface area contributed by atoms with E-state index in [2.05, 4.69) is 31.6 Å². The minimum atomic E-state index is -0.234. The minimum absolute atomic E-state index is 0.234. The van der Waals surface area contributed by atoms with Gasteiger partial charge in [0, 0.05) is 13.3 Å². The second-order valence-corrected chi connectivity index (χ2v) is 5.78. The number of aryl methyl sites for hydroxylation is 2. The van der Waals surface area contributed by atoms with E-state index in [-0.39, 0.29) is 5.91 Å². The van der Waals surface area contributed by atoms with Crippen molar-refractivity contribution in [2.24, 2.45) is 18.1 Å². The maximum absolute atomic E-state index is 12.0. The monoisotopic (exact) mass is 326 g/mol. The molecule has 1 fully saturated rings. The first kappa shape index (κ1) is 14.2. The standard InChI is InChI=1S/C13H19BrN4O/c1-9-11(14)12(18(2)17-9)13(19)16-15-8-10-6-4-3-5-7-10/h8,10H,3-7H2,1-2H3,(H,16,19)/b15-8-. The summed E-state index contributed by atoms with van der Waals surface area (Å²) in [5.74, 6) is 0.271. The van der Waals surface area contributed by atoms with Crippen LogP contribution in [0.25, 0.3) is 0 Å². The zero-order chi connectivity index (χ0) is 13.8. The average molecular weight is 327 g/mol. The Morgan fingerprint density at radius 3 is 2.74 bits per heavy atom. The largest absolute Gasteiger partial charge is 0.290 e. The summed E-state index contributed by atoms with van der Waals surface area (Å²) in [5.41, 5.74) is 3.87. The normalized spacial score (nSPS) is 17.0. The van der Waals surface area contributed by atoms with E-state index in [9.17, 15) is 4.79 Å². The third kappa shape index (κ3) is 3.43. The Morgan fingerprint density at radius 2 is 2.16 bits per heavy atom. The molecular formula is C13H19BrN4O. The van der Waals surface area contributed by atoms with Crippen molar-refractivity contribution >= 4 is 28.1 Å². The highest BCUT2D eigenvalue weighted by Gasteiger charge is 2.18. The minimum Gasteiger partial charge on any atom is -0.266 e. The van der Waals surface area contributed by atoms with Crippen molar-refractivity contribution in [3.05, 3.63) is 15.9 Å². The molecule has 19 heavy (non-hydrogen) atoms. The molecule has 1 N–H and O–H groups in total. The van der Waals surface area contributed by atoms with E-state index in [1.54, 1.807) is 11.7 Å². The molecule has 1 aromatic rings. The first-order valence-electron chi connectivity index (χ1n) is 6.62. The summed E-state index contributed by atoms with van der Waals surface area (Å²) in [7, 11) is 1.75. The van der Waals surface area contributed by atoms with Crippen molar-refractivity contribution < 1.29 is 4.79 Å². The van der Waals surface area contributed by atoms with Crippen molar-refractivity contribution in [2.75, 3.05) is 0 Å². The number of hydrogen-bond acceptors (Lipinski definition) is 3.